The second-order valence-corrected chi connectivity index (χ2v) is 24.6. The summed E-state index contributed by atoms with van der Waals surface area (Å²) in [6.07, 6.45) is 5.99. The van der Waals surface area contributed by atoms with Crippen molar-refractivity contribution in [2.45, 2.75) is 74.9 Å². The van der Waals surface area contributed by atoms with Gasteiger partial charge in [0.25, 0.3) is 0 Å². The fourth-order valence-corrected chi connectivity index (χ4v) is 13.6. The minimum Gasteiger partial charge on any atom is -0.430 e. The Hall–Kier alpha value is -8.73. The number of hydrogen-bond acceptors (Lipinski definition) is 9. The Labute approximate surface area is 493 Å². The molecule has 0 fully saturated rings. The second kappa shape index (κ2) is 27.6. The van der Waals surface area contributed by atoms with Crippen LogP contribution in [0.4, 0.5) is 4.79 Å². The van der Waals surface area contributed by atoms with Crippen LogP contribution in [-0.2, 0) is 66.5 Å². The molecule has 0 aliphatic carbocycles. The lowest BCUT2D eigenvalue weighted by molar-refractivity contribution is 0.00454. The summed E-state index contributed by atoms with van der Waals surface area (Å²) in [5, 5.41) is 0. The van der Waals surface area contributed by atoms with Gasteiger partial charge in [-0.3, -0.25) is 0 Å². The van der Waals surface area contributed by atoms with Crippen molar-refractivity contribution >= 4 is 26.2 Å². The number of imidazole rings is 2. The predicted molar refractivity (Wildman–Crippen MR) is 329 cm³/mol. The maximum absolute atomic E-state index is 14.2. The molecule has 0 spiro atoms. The number of carbonyl (C=O) groups excluding carboxylic acids is 1. The molecule has 2 aromatic heterocycles. The molecule has 84 heavy (non-hydrogen) atoms. The monoisotopic (exact) mass is 1160 g/mol. The molecule has 0 amide bonds. The molecule has 0 bridgehead atoms. The summed E-state index contributed by atoms with van der Waals surface area (Å²) in [5.74, 6) is -1.13. The molecule has 0 aliphatic rings. The number of sulfonamides is 2. The number of nitrogens with one attached hydrogen (secondary N) is 2. The summed E-state index contributed by atoms with van der Waals surface area (Å²) >= 11 is 0. The van der Waals surface area contributed by atoms with E-state index in [4.69, 9.17) is 19.4 Å². The van der Waals surface area contributed by atoms with Crippen molar-refractivity contribution in [3.05, 3.63) is 324 Å². The Morgan fingerprint density at radius 2 is 0.667 bits per heavy atom. The molecular formula is C69H68N6O7S2. The number of nitrogens with zero attached hydrogens (tertiary/aromatic N) is 4. The van der Waals surface area contributed by atoms with Crippen molar-refractivity contribution in [1.82, 2.24) is 28.5 Å². The summed E-state index contributed by atoms with van der Waals surface area (Å²) in [5.41, 5.74) is 7.64. The summed E-state index contributed by atoms with van der Waals surface area (Å²) in [6.45, 7) is 0.0628. The van der Waals surface area contributed by atoms with Crippen LogP contribution in [0.2, 0.25) is 0 Å². The number of ether oxygens (including phenoxy) is 2. The molecule has 0 saturated heterocycles. The number of aryl methyl sites for hydroxylation is 2. The Balaban J connectivity index is 0.885. The van der Waals surface area contributed by atoms with Crippen LogP contribution in [-0.4, -0.2) is 65.8 Å². The SMILES string of the molecule is O=C(OC(CCCc1cn(C(c2ccccc2)(c2ccccc2)c2ccccc2)cn1)CS(=O)(=O)NCc1ccccc1)OC(CCCc1cn(C(c2ccccc2)(c2ccccc2)c2ccccc2)cn1)CS(=O)(=O)NCc1ccccc1. The quantitative estimate of drug-likeness (QED) is 0.0359. The summed E-state index contributed by atoms with van der Waals surface area (Å²) in [6, 6.07) is 79.8. The largest absolute Gasteiger partial charge is 0.508 e. The van der Waals surface area contributed by atoms with Crippen molar-refractivity contribution in [3.8, 4) is 0 Å². The highest BCUT2D eigenvalue weighted by molar-refractivity contribution is 7.89. The van der Waals surface area contributed by atoms with Gasteiger partial charge >= 0.3 is 6.16 Å². The fourth-order valence-electron chi connectivity index (χ4n) is 11.2. The van der Waals surface area contributed by atoms with Crippen molar-refractivity contribution < 1.29 is 31.1 Å². The first-order chi connectivity index (χ1) is 41.0. The lowest BCUT2D eigenvalue weighted by Gasteiger charge is -2.37. The lowest BCUT2D eigenvalue weighted by Crippen LogP contribution is -2.37. The van der Waals surface area contributed by atoms with E-state index in [1.165, 1.54) is 0 Å². The van der Waals surface area contributed by atoms with Crippen LogP contribution in [0, 0.1) is 0 Å². The molecule has 8 aromatic carbocycles. The number of aromatic nitrogens is 4. The van der Waals surface area contributed by atoms with Gasteiger partial charge in [0, 0.05) is 25.5 Å². The van der Waals surface area contributed by atoms with E-state index < -0.39 is 61.0 Å². The van der Waals surface area contributed by atoms with Crippen molar-refractivity contribution in [3.63, 3.8) is 0 Å². The molecule has 2 N–H and O–H groups in total. The van der Waals surface area contributed by atoms with E-state index in [9.17, 15) is 21.6 Å². The molecule has 0 saturated carbocycles. The molecule has 0 radical (unpaired) electrons. The van der Waals surface area contributed by atoms with E-state index in [0.717, 1.165) is 55.9 Å². The van der Waals surface area contributed by atoms with Gasteiger partial charge in [-0.2, -0.15) is 0 Å². The molecule has 2 unspecified atom stereocenters. The van der Waals surface area contributed by atoms with Gasteiger partial charge < -0.3 is 18.6 Å². The number of carbonyl (C=O) groups is 1. The van der Waals surface area contributed by atoms with Crippen LogP contribution in [0.25, 0.3) is 0 Å². The number of hydrogen-bond donors (Lipinski definition) is 2. The summed E-state index contributed by atoms with van der Waals surface area (Å²) in [7, 11) is -8.08. The van der Waals surface area contributed by atoms with Crippen LogP contribution in [0.15, 0.2) is 268 Å². The van der Waals surface area contributed by atoms with E-state index in [0.29, 0.717) is 25.7 Å². The topological polar surface area (TPSA) is 164 Å². The molecule has 0 aliphatic heterocycles. The Kier molecular flexibility index (Phi) is 19.2. The standard InChI is InChI=1S/C69H68N6O7S2/c76-67(81-65(51-83(77,78)72-47-55-27-9-1-10-28-55)45-25-43-63-49-74(53-70-63)68(57-31-13-3-14-32-57,58-33-15-4-16-34-58)59-35-17-5-18-36-59)82-66(52-84(79,80)73-48-56-29-11-2-12-30-56)46-26-44-64-50-75(54-71-64)69(60-37-19-6-20-38-60,61-39-21-7-22-40-61)62-41-23-8-24-42-62/h1-24,27-42,49-50,53-54,65-66,72-73H,25-26,43-48,51-52H2. The third-order valence-electron chi connectivity index (χ3n) is 15.1. The van der Waals surface area contributed by atoms with E-state index in [2.05, 4.69) is 91.4 Å². The molecule has 13 nitrogen and oxygen atoms in total. The maximum Gasteiger partial charge on any atom is 0.508 e. The van der Waals surface area contributed by atoms with Gasteiger partial charge in [0.2, 0.25) is 20.0 Å². The highest BCUT2D eigenvalue weighted by atomic mass is 32.2. The van der Waals surface area contributed by atoms with Gasteiger partial charge in [-0.25, -0.2) is 41.0 Å². The van der Waals surface area contributed by atoms with Crippen LogP contribution in [0.3, 0.4) is 0 Å². The first kappa shape index (κ1) is 58.5. The van der Waals surface area contributed by atoms with E-state index in [1.54, 1.807) is 0 Å². The fraction of sp³-hybridized carbons (Fsp3) is 0.203. The molecule has 2 atom stereocenters. The van der Waals surface area contributed by atoms with Crippen LogP contribution in [0.5, 0.6) is 0 Å². The van der Waals surface area contributed by atoms with Crippen molar-refractivity contribution in [1.29, 1.82) is 0 Å². The summed E-state index contributed by atoms with van der Waals surface area (Å²) in [4.78, 5) is 24.0. The van der Waals surface area contributed by atoms with E-state index in [-0.39, 0.29) is 25.9 Å². The molecular weight excluding hydrogens is 1090 g/mol. The zero-order valence-corrected chi connectivity index (χ0v) is 48.2. The predicted octanol–water partition coefficient (Wildman–Crippen LogP) is 12.2. The zero-order chi connectivity index (χ0) is 58.1. The van der Waals surface area contributed by atoms with Crippen molar-refractivity contribution in [2.24, 2.45) is 0 Å². The Bertz CT molecular complexity index is 3410. The minimum atomic E-state index is -4.04. The normalized spacial score (nSPS) is 12.8. The van der Waals surface area contributed by atoms with Gasteiger partial charge in [-0.15, -0.1) is 0 Å². The maximum atomic E-state index is 14.2. The smallest absolute Gasteiger partial charge is 0.430 e. The zero-order valence-electron chi connectivity index (χ0n) is 46.6. The average Bonchev–Trinajstić information content (AvgIpc) is 2.36. The van der Waals surface area contributed by atoms with Gasteiger partial charge in [0.15, 0.2) is 0 Å². The number of benzene rings is 8. The minimum absolute atomic E-state index is 0.0314. The Morgan fingerprint density at radius 3 is 0.940 bits per heavy atom. The first-order valence-corrected chi connectivity index (χ1v) is 31.6. The summed E-state index contributed by atoms with van der Waals surface area (Å²) < 4.78 is 77.0. The van der Waals surface area contributed by atoms with Crippen molar-refractivity contribution in [2.75, 3.05) is 11.5 Å². The third-order valence-corrected chi connectivity index (χ3v) is 17.9. The van der Waals surface area contributed by atoms with Crippen LogP contribution in [0.1, 0.15) is 81.6 Å². The van der Waals surface area contributed by atoms with Crippen LogP contribution < -0.4 is 9.44 Å². The third kappa shape index (κ3) is 14.4. The number of rotatable bonds is 28. The second-order valence-electron chi connectivity index (χ2n) is 20.9. The Morgan fingerprint density at radius 1 is 0.405 bits per heavy atom. The molecule has 2 heterocycles. The average molecular weight is 1160 g/mol. The molecule has 10 aromatic rings. The molecule has 15 heteroatoms. The van der Waals surface area contributed by atoms with Gasteiger partial charge in [-0.1, -0.05) is 243 Å². The molecule has 428 valence electrons. The highest BCUT2D eigenvalue weighted by Gasteiger charge is 2.40. The van der Waals surface area contributed by atoms with Gasteiger partial charge in [0.05, 0.1) is 24.0 Å². The van der Waals surface area contributed by atoms with Gasteiger partial charge in [-0.05, 0) is 83.0 Å². The van der Waals surface area contributed by atoms with Crippen LogP contribution >= 0.6 is 0 Å². The lowest BCUT2D eigenvalue weighted by atomic mass is 9.77. The molecule has 10 rings (SSSR count). The highest BCUT2D eigenvalue weighted by Crippen LogP contribution is 2.42. The van der Waals surface area contributed by atoms with E-state index in [1.807, 2.05) is 195 Å². The first-order valence-electron chi connectivity index (χ1n) is 28.3. The van der Waals surface area contributed by atoms with E-state index >= 15 is 0 Å². The van der Waals surface area contributed by atoms with Gasteiger partial charge in [0.1, 0.15) is 34.8 Å².